The molecule has 3 nitrogen and oxygen atoms in total. The van der Waals surface area contributed by atoms with Crippen molar-refractivity contribution in [1.29, 1.82) is 0 Å². The van der Waals surface area contributed by atoms with E-state index in [1.807, 2.05) is 13.8 Å². The van der Waals surface area contributed by atoms with E-state index in [0.29, 0.717) is 0 Å². The first-order valence-corrected chi connectivity index (χ1v) is 5.45. The zero-order chi connectivity index (χ0) is 11.4. The van der Waals surface area contributed by atoms with Gasteiger partial charge in [0, 0.05) is 0 Å². The average Bonchev–Trinajstić information content (AvgIpc) is 2.08. The van der Waals surface area contributed by atoms with E-state index in [4.69, 9.17) is 9.84 Å². The van der Waals surface area contributed by atoms with Gasteiger partial charge in [-0.3, -0.25) is 4.79 Å². The lowest BCUT2D eigenvalue weighted by Crippen LogP contribution is -2.06. The van der Waals surface area contributed by atoms with Gasteiger partial charge in [-0.2, -0.15) is 0 Å². The van der Waals surface area contributed by atoms with Crippen LogP contribution in [0.15, 0.2) is 22.7 Å². The Balaban J connectivity index is 2.83. The second kappa shape index (κ2) is 5.16. The van der Waals surface area contributed by atoms with Gasteiger partial charge in [-0.05, 0) is 47.5 Å². The van der Waals surface area contributed by atoms with Gasteiger partial charge in [-0.15, -0.1) is 0 Å². The standard InChI is InChI=1S/C11H13BrO3/c1-7(2)15-10-4-3-8(5-9(10)12)6-11(13)14/h3-5,7H,6H2,1-2H3,(H,13,14). The van der Waals surface area contributed by atoms with E-state index in [-0.39, 0.29) is 12.5 Å². The van der Waals surface area contributed by atoms with Crippen molar-refractivity contribution in [2.75, 3.05) is 0 Å². The van der Waals surface area contributed by atoms with Crippen molar-refractivity contribution in [2.45, 2.75) is 26.4 Å². The van der Waals surface area contributed by atoms with Crippen molar-refractivity contribution in [1.82, 2.24) is 0 Å². The second-order valence-electron chi connectivity index (χ2n) is 3.50. The molecule has 0 fully saturated rings. The highest BCUT2D eigenvalue weighted by Crippen LogP contribution is 2.27. The number of ether oxygens (including phenoxy) is 1. The first-order chi connectivity index (χ1) is 6.99. The highest BCUT2D eigenvalue weighted by molar-refractivity contribution is 9.10. The molecule has 0 amide bonds. The molecule has 0 aliphatic heterocycles. The van der Waals surface area contributed by atoms with Gasteiger partial charge in [0.15, 0.2) is 0 Å². The maximum Gasteiger partial charge on any atom is 0.307 e. The molecule has 0 unspecified atom stereocenters. The molecule has 0 aromatic heterocycles. The quantitative estimate of drug-likeness (QED) is 0.917. The summed E-state index contributed by atoms with van der Waals surface area (Å²) in [7, 11) is 0. The second-order valence-corrected chi connectivity index (χ2v) is 4.36. The van der Waals surface area contributed by atoms with Crippen molar-refractivity contribution in [3.63, 3.8) is 0 Å². The number of halogens is 1. The highest BCUT2D eigenvalue weighted by Gasteiger charge is 2.06. The topological polar surface area (TPSA) is 46.5 Å². The molecular weight excluding hydrogens is 260 g/mol. The highest BCUT2D eigenvalue weighted by atomic mass is 79.9. The van der Waals surface area contributed by atoms with E-state index in [2.05, 4.69) is 15.9 Å². The predicted molar refractivity (Wildman–Crippen MR) is 61.2 cm³/mol. The lowest BCUT2D eigenvalue weighted by Gasteiger charge is -2.11. The molecule has 1 aromatic rings. The van der Waals surface area contributed by atoms with Crippen LogP contribution in [0.1, 0.15) is 19.4 Å². The van der Waals surface area contributed by atoms with E-state index in [1.54, 1.807) is 18.2 Å². The van der Waals surface area contributed by atoms with E-state index >= 15 is 0 Å². The van der Waals surface area contributed by atoms with Crippen molar-refractivity contribution in [3.8, 4) is 5.75 Å². The maximum atomic E-state index is 10.5. The van der Waals surface area contributed by atoms with Crippen LogP contribution in [-0.2, 0) is 11.2 Å². The van der Waals surface area contributed by atoms with Gasteiger partial charge in [0.1, 0.15) is 5.75 Å². The van der Waals surface area contributed by atoms with Crippen LogP contribution in [0, 0.1) is 0 Å². The van der Waals surface area contributed by atoms with Gasteiger partial charge in [-0.25, -0.2) is 0 Å². The fourth-order valence-corrected chi connectivity index (χ4v) is 1.70. The molecule has 82 valence electrons. The van der Waals surface area contributed by atoms with Crippen LogP contribution in [0.25, 0.3) is 0 Å². The van der Waals surface area contributed by atoms with Crippen molar-refractivity contribution < 1.29 is 14.6 Å². The number of carboxylic acid groups (broad SMARTS) is 1. The molecule has 0 atom stereocenters. The fraction of sp³-hybridized carbons (Fsp3) is 0.364. The molecule has 15 heavy (non-hydrogen) atoms. The minimum Gasteiger partial charge on any atom is -0.490 e. The minimum atomic E-state index is -0.834. The van der Waals surface area contributed by atoms with Gasteiger partial charge < -0.3 is 9.84 Å². The van der Waals surface area contributed by atoms with Crippen molar-refractivity contribution in [3.05, 3.63) is 28.2 Å². The summed E-state index contributed by atoms with van der Waals surface area (Å²) in [6, 6.07) is 5.31. The Kier molecular flexibility index (Phi) is 4.15. The number of hydrogen-bond donors (Lipinski definition) is 1. The van der Waals surface area contributed by atoms with Crippen LogP contribution in [0.3, 0.4) is 0 Å². The Morgan fingerprint density at radius 1 is 1.53 bits per heavy atom. The first kappa shape index (κ1) is 12.0. The van der Waals surface area contributed by atoms with Gasteiger partial charge in [0.25, 0.3) is 0 Å². The SMILES string of the molecule is CC(C)Oc1ccc(CC(=O)O)cc1Br. The van der Waals surface area contributed by atoms with Gasteiger partial charge in [-0.1, -0.05) is 6.07 Å². The zero-order valence-corrected chi connectivity index (χ0v) is 10.2. The van der Waals surface area contributed by atoms with E-state index < -0.39 is 5.97 Å². The predicted octanol–water partition coefficient (Wildman–Crippen LogP) is 2.86. The van der Waals surface area contributed by atoms with E-state index in [1.165, 1.54) is 0 Å². The normalized spacial score (nSPS) is 10.4. The summed E-state index contributed by atoms with van der Waals surface area (Å²) in [4.78, 5) is 10.5. The number of benzene rings is 1. The molecule has 0 radical (unpaired) electrons. The van der Waals surface area contributed by atoms with Crippen LogP contribution >= 0.6 is 15.9 Å². The fourth-order valence-electron chi connectivity index (χ4n) is 1.18. The lowest BCUT2D eigenvalue weighted by atomic mass is 10.1. The molecule has 1 rings (SSSR count). The summed E-state index contributed by atoms with van der Waals surface area (Å²) >= 11 is 3.35. The molecule has 0 spiro atoms. The lowest BCUT2D eigenvalue weighted by molar-refractivity contribution is -0.136. The van der Waals surface area contributed by atoms with Crippen LogP contribution in [0.5, 0.6) is 5.75 Å². The third-order valence-corrected chi connectivity index (χ3v) is 2.33. The molecule has 1 N–H and O–H groups in total. The van der Waals surface area contributed by atoms with E-state index in [0.717, 1.165) is 15.8 Å². The summed E-state index contributed by atoms with van der Waals surface area (Å²) in [5, 5.41) is 8.63. The molecule has 4 heteroatoms. The zero-order valence-electron chi connectivity index (χ0n) is 8.66. The number of carboxylic acids is 1. The summed E-state index contributed by atoms with van der Waals surface area (Å²) < 4.78 is 6.30. The Hall–Kier alpha value is -1.03. The molecule has 1 aromatic carbocycles. The van der Waals surface area contributed by atoms with Gasteiger partial charge >= 0.3 is 5.97 Å². The molecular formula is C11H13BrO3. The van der Waals surface area contributed by atoms with Crippen LogP contribution in [0.4, 0.5) is 0 Å². The molecule has 0 bridgehead atoms. The Morgan fingerprint density at radius 2 is 2.20 bits per heavy atom. The minimum absolute atomic E-state index is 0.0283. The van der Waals surface area contributed by atoms with E-state index in [9.17, 15) is 4.79 Å². The number of rotatable bonds is 4. The van der Waals surface area contributed by atoms with Crippen LogP contribution in [0.2, 0.25) is 0 Å². The number of hydrogen-bond acceptors (Lipinski definition) is 2. The monoisotopic (exact) mass is 272 g/mol. The number of aliphatic carboxylic acids is 1. The third kappa shape index (κ3) is 3.91. The van der Waals surface area contributed by atoms with Gasteiger partial charge in [0.2, 0.25) is 0 Å². The van der Waals surface area contributed by atoms with Crippen molar-refractivity contribution in [2.24, 2.45) is 0 Å². The van der Waals surface area contributed by atoms with Crippen LogP contribution < -0.4 is 4.74 Å². The summed E-state index contributed by atoms with van der Waals surface area (Å²) in [5.74, 6) is -0.0985. The average molecular weight is 273 g/mol. The molecule has 0 aliphatic rings. The Bertz CT molecular complexity index is 361. The molecule has 0 saturated carbocycles. The largest absolute Gasteiger partial charge is 0.490 e. The molecule has 0 aliphatic carbocycles. The number of carbonyl (C=O) groups is 1. The molecule has 0 heterocycles. The van der Waals surface area contributed by atoms with Crippen LogP contribution in [-0.4, -0.2) is 17.2 Å². The van der Waals surface area contributed by atoms with Crippen molar-refractivity contribution >= 4 is 21.9 Å². The third-order valence-electron chi connectivity index (χ3n) is 1.71. The first-order valence-electron chi connectivity index (χ1n) is 4.66. The maximum absolute atomic E-state index is 10.5. The summed E-state index contributed by atoms with van der Waals surface area (Å²) in [6.07, 6.45) is 0.132. The van der Waals surface area contributed by atoms with Gasteiger partial charge in [0.05, 0.1) is 17.0 Å². The summed E-state index contributed by atoms with van der Waals surface area (Å²) in [5.41, 5.74) is 0.755. The summed E-state index contributed by atoms with van der Waals surface area (Å²) in [6.45, 7) is 3.88. The smallest absolute Gasteiger partial charge is 0.307 e. The Morgan fingerprint density at radius 3 is 2.67 bits per heavy atom. The Labute approximate surface area is 97.2 Å². The molecule has 0 saturated heterocycles.